The molecule has 2 rings (SSSR count). The van der Waals surface area contributed by atoms with Crippen molar-refractivity contribution in [1.29, 1.82) is 0 Å². The van der Waals surface area contributed by atoms with Crippen LogP contribution in [-0.2, 0) is 4.79 Å². The molecule has 0 fully saturated rings. The number of ether oxygens (including phenoxy) is 2. The molecule has 0 radical (unpaired) electrons. The number of fused-ring (bicyclic) bond motifs is 1. The molecule has 0 aromatic heterocycles. The van der Waals surface area contributed by atoms with Crippen LogP contribution in [-0.4, -0.2) is 19.1 Å². The molecule has 1 heterocycles. The molecule has 1 aliphatic rings. The summed E-state index contributed by atoms with van der Waals surface area (Å²) in [6.45, 7) is 0.0953. The molecule has 0 atom stereocenters. The van der Waals surface area contributed by atoms with E-state index in [1.807, 2.05) is 0 Å². The smallest absolute Gasteiger partial charge is 0.250 e. The summed E-state index contributed by atoms with van der Waals surface area (Å²) in [5, 5.41) is 2.37. The summed E-state index contributed by atoms with van der Waals surface area (Å²) in [5.74, 6) is 0.280. The number of nitrogens with one attached hydrogen (secondary N) is 1. The largest absolute Gasteiger partial charge is 0.454 e. The summed E-state index contributed by atoms with van der Waals surface area (Å²) < 4.78 is 10.2. The van der Waals surface area contributed by atoms with Crippen LogP contribution in [0.25, 0.3) is 0 Å². The number of anilines is 1. The van der Waals surface area contributed by atoms with Crippen LogP contribution in [0.1, 0.15) is 10.4 Å². The van der Waals surface area contributed by atoms with Crippen molar-refractivity contribution in [2.24, 2.45) is 5.73 Å². The molecule has 2 amide bonds. The van der Waals surface area contributed by atoms with Gasteiger partial charge in [0.15, 0.2) is 11.5 Å². The average Bonchev–Trinajstić information content (AvgIpc) is 2.63. The number of nitrogens with two attached hydrogens (primary N) is 1. The number of benzene rings is 1. The predicted molar refractivity (Wildman–Crippen MR) is 50.8 cm³/mol. The lowest BCUT2D eigenvalue weighted by molar-refractivity contribution is -0.105. The Morgan fingerprint density at radius 2 is 2.07 bits per heavy atom. The minimum atomic E-state index is -0.641. The lowest BCUT2D eigenvalue weighted by Crippen LogP contribution is -2.14. The Labute approximate surface area is 85.0 Å². The molecule has 6 nitrogen and oxygen atoms in total. The lowest BCUT2D eigenvalue weighted by Gasteiger charge is -2.06. The van der Waals surface area contributed by atoms with E-state index >= 15 is 0 Å². The zero-order valence-electron chi connectivity index (χ0n) is 7.65. The molecule has 0 unspecified atom stereocenters. The molecular formula is C9H8N2O4. The molecule has 0 saturated heterocycles. The van der Waals surface area contributed by atoms with Gasteiger partial charge in [-0.15, -0.1) is 0 Å². The van der Waals surface area contributed by atoms with Gasteiger partial charge in [0, 0.05) is 6.07 Å². The molecule has 6 heteroatoms. The second-order valence-electron chi connectivity index (χ2n) is 2.88. The van der Waals surface area contributed by atoms with Crippen LogP contribution in [0.5, 0.6) is 11.5 Å². The first kappa shape index (κ1) is 9.32. The van der Waals surface area contributed by atoms with E-state index in [2.05, 4.69) is 5.32 Å². The van der Waals surface area contributed by atoms with Gasteiger partial charge in [-0.1, -0.05) is 0 Å². The molecule has 0 saturated carbocycles. The predicted octanol–water partition coefficient (Wildman–Crippen LogP) is 0.0825. The van der Waals surface area contributed by atoms with Crippen LogP contribution >= 0.6 is 0 Å². The SMILES string of the molecule is NC(=O)c1cc2c(cc1NC=O)OCO2. The second kappa shape index (κ2) is 3.49. The van der Waals surface area contributed by atoms with E-state index in [1.54, 1.807) is 0 Å². The molecule has 0 bridgehead atoms. The average molecular weight is 208 g/mol. The molecule has 0 spiro atoms. The topological polar surface area (TPSA) is 90.7 Å². The van der Waals surface area contributed by atoms with E-state index in [0.717, 1.165) is 0 Å². The molecule has 1 aromatic rings. The highest BCUT2D eigenvalue weighted by atomic mass is 16.7. The third-order valence-corrected chi connectivity index (χ3v) is 1.99. The van der Waals surface area contributed by atoms with Crippen LogP contribution in [0.2, 0.25) is 0 Å². The molecule has 0 aliphatic carbocycles. The quantitative estimate of drug-likeness (QED) is 0.688. The van der Waals surface area contributed by atoms with E-state index in [4.69, 9.17) is 15.2 Å². The van der Waals surface area contributed by atoms with Gasteiger partial charge >= 0.3 is 0 Å². The Bertz CT molecular complexity index is 430. The fourth-order valence-corrected chi connectivity index (χ4v) is 1.33. The van der Waals surface area contributed by atoms with Gasteiger partial charge in [-0.25, -0.2) is 0 Å². The zero-order chi connectivity index (χ0) is 10.8. The number of amides is 2. The van der Waals surface area contributed by atoms with Crippen molar-refractivity contribution >= 4 is 18.0 Å². The van der Waals surface area contributed by atoms with Crippen molar-refractivity contribution < 1.29 is 19.1 Å². The summed E-state index contributed by atoms with van der Waals surface area (Å²) in [7, 11) is 0. The third kappa shape index (κ3) is 1.56. The number of primary amides is 1. The zero-order valence-corrected chi connectivity index (χ0v) is 7.65. The first-order valence-corrected chi connectivity index (χ1v) is 4.16. The van der Waals surface area contributed by atoms with Gasteiger partial charge in [-0.2, -0.15) is 0 Å². The number of hydrogen-bond donors (Lipinski definition) is 2. The van der Waals surface area contributed by atoms with Crippen molar-refractivity contribution in [3.8, 4) is 11.5 Å². The second-order valence-corrected chi connectivity index (χ2v) is 2.88. The number of rotatable bonds is 3. The monoisotopic (exact) mass is 208 g/mol. The number of carbonyl (C=O) groups excluding carboxylic acids is 2. The van der Waals surface area contributed by atoms with Crippen LogP contribution in [0.3, 0.4) is 0 Å². The highest BCUT2D eigenvalue weighted by Crippen LogP contribution is 2.36. The van der Waals surface area contributed by atoms with E-state index < -0.39 is 5.91 Å². The van der Waals surface area contributed by atoms with Gasteiger partial charge in [0.25, 0.3) is 5.91 Å². The van der Waals surface area contributed by atoms with Crippen molar-refractivity contribution in [2.75, 3.05) is 12.1 Å². The van der Waals surface area contributed by atoms with Gasteiger partial charge in [0.2, 0.25) is 13.2 Å². The van der Waals surface area contributed by atoms with Gasteiger partial charge in [-0.3, -0.25) is 9.59 Å². The Hall–Kier alpha value is -2.24. The fraction of sp³-hybridized carbons (Fsp3) is 0.111. The summed E-state index contributed by atoms with van der Waals surface area (Å²) in [5.41, 5.74) is 5.64. The van der Waals surface area contributed by atoms with Crippen molar-refractivity contribution in [3.05, 3.63) is 17.7 Å². The van der Waals surface area contributed by atoms with Crippen LogP contribution in [0.15, 0.2) is 12.1 Å². The molecule has 3 N–H and O–H groups in total. The maximum absolute atomic E-state index is 11.1. The normalized spacial score (nSPS) is 12.3. The first-order valence-electron chi connectivity index (χ1n) is 4.16. The van der Waals surface area contributed by atoms with Gasteiger partial charge in [-0.05, 0) is 6.07 Å². The minimum Gasteiger partial charge on any atom is -0.454 e. The van der Waals surface area contributed by atoms with Crippen LogP contribution in [0, 0.1) is 0 Å². The highest BCUT2D eigenvalue weighted by molar-refractivity contribution is 6.01. The number of carbonyl (C=O) groups is 2. The summed E-state index contributed by atoms with van der Waals surface area (Å²) >= 11 is 0. The third-order valence-electron chi connectivity index (χ3n) is 1.99. The molecular weight excluding hydrogens is 200 g/mol. The maximum Gasteiger partial charge on any atom is 0.250 e. The van der Waals surface area contributed by atoms with E-state index in [1.165, 1.54) is 12.1 Å². The summed E-state index contributed by atoms with van der Waals surface area (Å²) in [6, 6.07) is 2.94. The lowest BCUT2D eigenvalue weighted by atomic mass is 10.1. The Balaban J connectivity index is 2.51. The van der Waals surface area contributed by atoms with E-state index in [0.29, 0.717) is 23.6 Å². The first-order chi connectivity index (χ1) is 7.22. The van der Waals surface area contributed by atoms with Crippen molar-refractivity contribution in [3.63, 3.8) is 0 Å². The van der Waals surface area contributed by atoms with Crippen LogP contribution < -0.4 is 20.5 Å². The fourth-order valence-electron chi connectivity index (χ4n) is 1.33. The molecule has 1 aromatic carbocycles. The van der Waals surface area contributed by atoms with Gasteiger partial charge < -0.3 is 20.5 Å². The van der Waals surface area contributed by atoms with Gasteiger partial charge in [0.1, 0.15) is 0 Å². The maximum atomic E-state index is 11.1. The highest BCUT2D eigenvalue weighted by Gasteiger charge is 2.19. The Morgan fingerprint density at radius 1 is 1.40 bits per heavy atom. The van der Waals surface area contributed by atoms with Crippen LogP contribution in [0.4, 0.5) is 5.69 Å². The molecule has 15 heavy (non-hydrogen) atoms. The van der Waals surface area contributed by atoms with Gasteiger partial charge in [0.05, 0.1) is 11.3 Å². The summed E-state index contributed by atoms with van der Waals surface area (Å²) in [4.78, 5) is 21.4. The number of hydrogen-bond acceptors (Lipinski definition) is 4. The standard InChI is InChI=1S/C9H8N2O4/c10-9(13)5-1-7-8(15-4-14-7)2-6(5)11-3-12/h1-3H,4H2,(H2,10,13)(H,11,12). The molecule has 1 aliphatic heterocycles. The Kier molecular flexibility index (Phi) is 2.17. The van der Waals surface area contributed by atoms with E-state index in [9.17, 15) is 9.59 Å². The Morgan fingerprint density at radius 3 is 2.67 bits per heavy atom. The molecule has 78 valence electrons. The summed E-state index contributed by atoms with van der Waals surface area (Å²) in [6.07, 6.45) is 0.462. The van der Waals surface area contributed by atoms with Crippen molar-refractivity contribution in [2.45, 2.75) is 0 Å². The minimum absolute atomic E-state index is 0.0953. The van der Waals surface area contributed by atoms with E-state index in [-0.39, 0.29) is 12.4 Å². The van der Waals surface area contributed by atoms with Crippen molar-refractivity contribution in [1.82, 2.24) is 0 Å².